The summed E-state index contributed by atoms with van der Waals surface area (Å²) in [5.74, 6) is -6.29. The van der Waals surface area contributed by atoms with Crippen LogP contribution in [-0.2, 0) is 0 Å². The van der Waals surface area contributed by atoms with Gasteiger partial charge in [-0.15, -0.1) is 0 Å². The summed E-state index contributed by atoms with van der Waals surface area (Å²) in [5, 5.41) is 3.14. The molecule has 0 unspecified atom stereocenters. The van der Waals surface area contributed by atoms with Gasteiger partial charge in [-0.1, -0.05) is 19.3 Å². The molecule has 0 aliphatic heterocycles. The molecular formula is C15H19F4NO. The second kappa shape index (κ2) is 7.64. The minimum absolute atomic E-state index is 0.0521. The average Bonchev–Trinajstić information content (AvgIpc) is 2.49. The van der Waals surface area contributed by atoms with Gasteiger partial charge in [0, 0.05) is 12.6 Å². The highest BCUT2D eigenvalue weighted by molar-refractivity contribution is 5.28. The van der Waals surface area contributed by atoms with Crippen molar-refractivity contribution in [3.63, 3.8) is 0 Å². The number of benzene rings is 1. The first-order chi connectivity index (χ1) is 10.1. The Morgan fingerprint density at radius 3 is 2.24 bits per heavy atom. The van der Waals surface area contributed by atoms with Gasteiger partial charge in [0.1, 0.15) is 6.61 Å². The predicted molar refractivity (Wildman–Crippen MR) is 71.2 cm³/mol. The molecule has 0 radical (unpaired) electrons. The van der Waals surface area contributed by atoms with Gasteiger partial charge < -0.3 is 10.1 Å². The van der Waals surface area contributed by atoms with E-state index < -0.39 is 29.0 Å². The molecule has 0 amide bonds. The van der Waals surface area contributed by atoms with E-state index in [4.69, 9.17) is 4.74 Å². The van der Waals surface area contributed by atoms with Crippen molar-refractivity contribution >= 4 is 0 Å². The van der Waals surface area contributed by atoms with Crippen molar-refractivity contribution in [3.8, 4) is 5.75 Å². The van der Waals surface area contributed by atoms with Crippen LogP contribution in [0.5, 0.6) is 5.75 Å². The molecule has 118 valence electrons. The normalized spacial score (nSPS) is 16.2. The fourth-order valence-electron chi connectivity index (χ4n) is 2.60. The van der Waals surface area contributed by atoms with Crippen LogP contribution in [0.15, 0.2) is 6.07 Å². The largest absolute Gasteiger partial charge is 0.486 e. The van der Waals surface area contributed by atoms with Crippen molar-refractivity contribution < 1.29 is 22.3 Å². The fraction of sp³-hybridized carbons (Fsp3) is 0.600. The van der Waals surface area contributed by atoms with Gasteiger partial charge in [-0.05, 0) is 25.3 Å². The molecular weight excluding hydrogens is 286 g/mol. The smallest absolute Gasteiger partial charge is 0.203 e. The van der Waals surface area contributed by atoms with Gasteiger partial charge in [0.25, 0.3) is 0 Å². The predicted octanol–water partition coefficient (Wildman–Crippen LogP) is 3.79. The van der Waals surface area contributed by atoms with E-state index in [1.807, 2.05) is 0 Å². The third-order valence-corrected chi connectivity index (χ3v) is 3.75. The Morgan fingerprint density at radius 2 is 1.62 bits per heavy atom. The van der Waals surface area contributed by atoms with Crippen LogP contribution in [-0.4, -0.2) is 19.7 Å². The second-order valence-electron chi connectivity index (χ2n) is 5.35. The van der Waals surface area contributed by atoms with Crippen LogP contribution in [0.2, 0.25) is 0 Å². The Bertz CT molecular complexity index is 449. The maximum atomic E-state index is 13.3. The van der Waals surface area contributed by atoms with E-state index >= 15 is 0 Å². The summed E-state index contributed by atoms with van der Waals surface area (Å²) < 4.78 is 57.4. The molecule has 0 bridgehead atoms. The zero-order chi connectivity index (χ0) is 15.2. The van der Waals surface area contributed by atoms with Crippen LogP contribution in [0.1, 0.15) is 32.1 Å². The Labute approximate surface area is 121 Å². The van der Waals surface area contributed by atoms with Gasteiger partial charge >= 0.3 is 0 Å². The minimum Gasteiger partial charge on any atom is -0.486 e. The van der Waals surface area contributed by atoms with E-state index in [2.05, 4.69) is 5.32 Å². The highest BCUT2D eigenvalue weighted by Gasteiger charge is 2.20. The zero-order valence-corrected chi connectivity index (χ0v) is 11.7. The van der Waals surface area contributed by atoms with E-state index in [0.717, 1.165) is 6.54 Å². The van der Waals surface area contributed by atoms with Gasteiger partial charge in [0.15, 0.2) is 17.4 Å². The van der Waals surface area contributed by atoms with Gasteiger partial charge in [-0.25, -0.2) is 8.78 Å². The third kappa shape index (κ3) is 4.33. The monoisotopic (exact) mass is 305 g/mol. The maximum absolute atomic E-state index is 13.3. The molecule has 1 fully saturated rings. The molecule has 6 heteroatoms. The van der Waals surface area contributed by atoms with Gasteiger partial charge in [0.05, 0.1) is 0 Å². The number of nitrogens with one attached hydrogen (secondary N) is 1. The van der Waals surface area contributed by atoms with Gasteiger partial charge in [0.2, 0.25) is 11.6 Å². The molecule has 21 heavy (non-hydrogen) atoms. The topological polar surface area (TPSA) is 21.3 Å². The number of ether oxygens (including phenoxy) is 1. The fourth-order valence-corrected chi connectivity index (χ4v) is 2.60. The molecule has 0 atom stereocenters. The van der Waals surface area contributed by atoms with E-state index in [0.29, 0.717) is 12.5 Å². The SMILES string of the molecule is Fc1cc(F)c(F)c(OCCNCC2CCCCC2)c1F. The molecule has 0 saturated heterocycles. The summed E-state index contributed by atoms with van der Waals surface area (Å²) >= 11 is 0. The van der Waals surface area contributed by atoms with Crippen LogP contribution in [0.25, 0.3) is 0 Å². The number of hydrogen-bond acceptors (Lipinski definition) is 2. The number of halogens is 4. The molecule has 0 aromatic heterocycles. The zero-order valence-electron chi connectivity index (χ0n) is 11.7. The van der Waals surface area contributed by atoms with E-state index in [9.17, 15) is 17.6 Å². The van der Waals surface area contributed by atoms with Crippen molar-refractivity contribution in [2.24, 2.45) is 5.92 Å². The highest BCUT2D eigenvalue weighted by atomic mass is 19.2. The molecule has 2 nitrogen and oxygen atoms in total. The lowest BCUT2D eigenvalue weighted by molar-refractivity contribution is 0.262. The lowest BCUT2D eigenvalue weighted by Crippen LogP contribution is -2.28. The molecule has 1 saturated carbocycles. The molecule has 1 aliphatic carbocycles. The summed E-state index contributed by atoms with van der Waals surface area (Å²) in [6.45, 7) is 1.14. The Morgan fingerprint density at radius 1 is 1.00 bits per heavy atom. The first-order valence-electron chi connectivity index (χ1n) is 7.26. The van der Waals surface area contributed by atoms with Gasteiger partial charge in [-0.2, -0.15) is 8.78 Å². The summed E-state index contributed by atoms with van der Waals surface area (Å²) in [7, 11) is 0. The average molecular weight is 305 g/mol. The van der Waals surface area contributed by atoms with Crippen LogP contribution in [0.3, 0.4) is 0 Å². The Balaban J connectivity index is 1.76. The summed E-state index contributed by atoms with van der Waals surface area (Å²) in [4.78, 5) is 0. The van der Waals surface area contributed by atoms with Crippen molar-refractivity contribution in [1.29, 1.82) is 0 Å². The van der Waals surface area contributed by atoms with Crippen LogP contribution >= 0.6 is 0 Å². The van der Waals surface area contributed by atoms with E-state index in [-0.39, 0.29) is 12.7 Å². The molecule has 1 N–H and O–H groups in total. The van der Waals surface area contributed by atoms with Crippen LogP contribution in [0, 0.1) is 29.2 Å². The van der Waals surface area contributed by atoms with Gasteiger partial charge in [-0.3, -0.25) is 0 Å². The van der Waals surface area contributed by atoms with Crippen LogP contribution < -0.4 is 10.1 Å². The van der Waals surface area contributed by atoms with E-state index in [1.54, 1.807) is 0 Å². The van der Waals surface area contributed by atoms with Crippen molar-refractivity contribution in [2.75, 3.05) is 19.7 Å². The molecule has 0 heterocycles. The maximum Gasteiger partial charge on any atom is 0.203 e. The molecule has 0 spiro atoms. The Kier molecular flexibility index (Phi) is 5.85. The number of hydrogen-bond donors (Lipinski definition) is 1. The summed E-state index contributed by atoms with van der Waals surface area (Å²) in [5.41, 5.74) is 0. The molecule has 2 rings (SSSR count). The minimum atomic E-state index is -1.50. The molecule has 1 aromatic rings. The standard InChI is InChI=1S/C15H19F4NO/c16-11-8-12(17)14(19)15(13(11)18)21-7-6-20-9-10-4-2-1-3-5-10/h8,10,20H,1-7,9H2. The molecule has 1 aromatic carbocycles. The third-order valence-electron chi connectivity index (χ3n) is 3.75. The molecule has 1 aliphatic rings. The van der Waals surface area contributed by atoms with Crippen LogP contribution in [0.4, 0.5) is 17.6 Å². The highest BCUT2D eigenvalue weighted by Crippen LogP contribution is 2.26. The lowest BCUT2D eigenvalue weighted by atomic mass is 9.89. The summed E-state index contributed by atoms with van der Waals surface area (Å²) in [6, 6.07) is 0.166. The van der Waals surface area contributed by atoms with E-state index in [1.165, 1.54) is 32.1 Å². The van der Waals surface area contributed by atoms with Crippen molar-refractivity contribution in [1.82, 2.24) is 5.32 Å². The number of rotatable bonds is 6. The summed E-state index contributed by atoms with van der Waals surface area (Å²) in [6.07, 6.45) is 6.13. The second-order valence-corrected chi connectivity index (χ2v) is 5.35. The lowest BCUT2D eigenvalue weighted by Gasteiger charge is -2.21. The first kappa shape index (κ1) is 16.1. The first-order valence-corrected chi connectivity index (χ1v) is 7.26. The van der Waals surface area contributed by atoms with Crippen molar-refractivity contribution in [3.05, 3.63) is 29.3 Å². The Hall–Kier alpha value is -1.30. The van der Waals surface area contributed by atoms with Crippen molar-refractivity contribution in [2.45, 2.75) is 32.1 Å². The quantitative estimate of drug-likeness (QED) is 0.490.